The van der Waals surface area contributed by atoms with Gasteiger partial charge in [0, 0.05) is 14.1 Å². The van der Waals surface area contributed by atoms with Crippen molar-refractivity contribution in [2.24, 2.45) is 11.1 Å². The first-order chi connectivity index (χ1) is 12.0. The van der Waals surface area contributed by atoms with E-state index in [1.54, 1.807) is 20.8 Å². The fourth-order valence-corrected chi connectivity index (χ4v) is 1.85. The monoisotopic (exact) mass is 396 g/mol. The Morgan fingerprint density at radius 1 is 1.00 bits per heavy atom. The number of ketones is 1. The zero-order valence-electron chi connectivity index (χ0n) is 16.2. The number of carbonyl (C=O) groups excluding carboxylic acids is 4. The maximum absolute atomic E-state index is 12.5. The largest absolute Gasteiger partial charge is 0.452 e. The van der Waals surface area contributed by atoms with Crippen molar-refractivity contribution in [2.75, 3.05) is 14.1 Å². The molecule has 3 atom stereocenters. The lowest BCUT2D eigenvalue weighted by molar-refractivity contribution is -0.173. The average molecular weight is 396 g/mol. The molecule has 0 aromatic carbocycles. The van der Waals surface area contributed by atoms with E-state index in [0.29, 0.717) is 0 Å². The molecule has 0 aromatic rings. The summed E-state index contributed by atoms with van der Waals surface area (Å²) in [6.45, 7) is 5.91. The van der Waals surface area contributed by atoms with Crippen molar-refractivity contribution in [3.05, 3.63) is 0 Å². The van der Waals surface area contributed by atoms with Crippen LogP contribution in [0.5, 0.6) is 0 Å². The molecule has 0 fully saturated rings. The quantitative estimate of drug-likeness (QED) is 0.557. The second kappa shape index (κ2) is 9.16. The van der Waals surface area contributed by atoms with Gasteiger partial charge in [-0.3, -0.25) is 19.2 Å². The normalized spacial score (nSPS) is 15.3. The molecule has 3 amide bonds. The van der Waals surface area contributed by atoms with Crippen LogP contribution in [0.2, 0.25) is 0 Å². The number of amides is 3. The summed E-state index contributed by atoms with van der Waals surface area (Å²) in [4.78, 5) is 48.8. The molecule has 0 aliphatic carbocycles. The molecule has 0 aliphatic rings. The number of halogens is 3. The third-order valence-electron chi connectivity index (χ3n) is 3.76. The van der Waals surface area contributed by atoms with Crippen LogP contribution in [0.3, 0.4) is 0 Å². The van der Waals surface area contributed by atoms with E-state index in [1.165, 1.54) is 14.1 Å². The van der Waals surface area contributed by atoms with Crippen LogP contribution in [0.4, 0.5) is 13.2 Å². The van der Waals surface area contributed by atoms with Gasteiger partial charge in [0.1, 0.15) is 6.04 Å². The predicted octanol–water partition coefficient (Wildman–Crippen LogP) is -0.0410. The lowest BCUT2D eigenvalue weighted by Gasteiger charge is -2.28. The van der Waals surface area contributed by atoms with E-state index >= 15 is 0 Å². The zero-order valence-corrected chi connectivity index (χ0v) is 16.2. The first-order valence-electron chi connectivity index (χ1n) is 8.16. The molecular formula is C16H27F3N4O4. The van der Waals surface area contributed by atoms with Crippen LogP contribution in [0, 0.1) is 5.41 Å². The van der Waals surface area contributed by atoms with E-state index in [1.807, 2.05) is 5.32 Å². The minimum atomic E-state index is -5.13. The van der Waals surface area contributed by atoms with E-state index < -0.39 is 59.6 Å². The van der Waals surface area contributed by atoms with Gasteiger partial charge in [0.25, 0.3) is 5.78 Å². The van der Waals surface area contributed by atoms with Gasteiger partial charge in [-0.1, -0.05) is 20.8 Å². The first-order valence-corrected chi connectivity index (χ1v) is 8.16. The Morgan fingerprint density at radius 3 is 1.85 bits per heavy atom. The molecule has 0 radical (unpaired) electrons. The third kappa shape index (κ3) is 7.94. The van der Waals surface area contributed by atoms with Gasteiger partial charge < -0.3 is 21.3 Å². The molecule has 0 spiro atoms. The molecule has 0 bridgehead atoms. The first kappa shape index (κ1) is 24.8. The molecule has 0 saturated carbocycles. The molecule has 0 saturated heterocycles. The Kier molecular flexibility index (Phi) is 8.42. The lowest BCUT2D eigenvalue weighted by atomic mass is 9.86. The predicted molar refractivity (Wildman–Crippen MR) is 91.3 cm³/mol. The summed E-state index contributed by atoms with van der Waals surface area (Å²) in [7, 11) is 2.83. The van der Waals surface area contributed by atoms with Gasteiger partial charge in [-0.15, -0.1) is 0 Å². The Labute approximate surface area is 156 Å². The van der Waals surface area contributed by atoms with Gasteiger partial charge in [0.15, 0.2) is 0 Å². The Hall–Kier alpha value is -2.17. The fraction of sp³-hybridized carbons (Fsp3) is 0.750. The summed E-state index contributed by atoms with van der Waals surface area (Å²) >= 11 is 0. The zero-order chi connectivity index (χ0) is 21.7. The van der Waals surface area contributed by atoms with Gasteiger partial charge in [-0.25, -0.2) is 0 Å². The molecule has 27 heavy (non-hydrogen) atoms. The number of Topliss-reactive ketones (excluding diaryl/α,β-unsaturated/α-hetero) is 1. The highest BCUT2D eigenvalue weighted by Crippen LogP contribution is 2.19. The molecule has 0 aromatic heterocycles. The van der Waals surface area contributed by atoms with Crippen molar-refractivity contribution in [1.82, 2.24) is 15.5 Å². The van der Waals surface area contributed by atoms with E-state index in [0.717, 1.165) is 11.8 Å². The van der Waals surface area contributed by atoms with E-state index in [9.17, 15) is 32.3 Å². The summed E-state index contributed by atoms with van der Waals surface area (Å²) in [6.07, 6.45) is -5.63. The van der Waals surface area contributed by atoms with Crippen molar-refractivity contribution < 1.29 is 32.3 Å². The average Bonchev–Trinajstić information content (AvgIpc) is 2.50. The molecule has 0 heterocycles. The summed E-state index contributed by atoms with van der Waals surface area (Å²) in [6, 6.07) is -4.39. The molecular weight excluding hydrogens is 369 g/mol. The number of hydrogen-bond acceptors (Lipinski definition) is 5. The van der Waals surface area contributed by atoms with Crippen LogP contribution in [0.1, 0.15) is 34.1 Å². The standard InChI is InChI=1S/C16H27F3N4O4/c1-8(12(25)16(17,18)19)21-13(26)9(7-10(24)23(5)6)22-14(27)11(20)15(2,3)4/h8-9,11H,7,20H2,1-6H3,(H,21,26)(H,22,27)/t8-,9+,11+/m0/s1. The molecule has 8 nitrogen and oxygen atoms in total. The number of rotatable bonds is 7. The van der Waals surface area contributed by atoms with Crippen molar-refractivity contribution in [1.29, 1.82) is 0 Å². The Balaban J connectivity index is 5.36. The number of alkyl halides is 3. The van der Waals surface area contributed by atoms with E-state index in [4.69, 9.17) is 5.73 Å². The maximum Gasteiger partial charge on any atom is 0.452 e. The van der Waals surface area contributed by atoms with Crippen LogP contribution in [-0.4, -0.2) is 66.8 Å². The van der Waals surface area contributed by atoms with Gasteiger partial charge in [0.05, 0.1) is 18.5 Å². The minimum Gasteiger partial charge on any atom is -0.349 e. The Morgan fingerprint density at radius 2 is 1.48 bits per heavy atom. The van der Waals surface area contributed by atoms with Gasteiger partial charge in [-0.2, -0.15) is 13.2 Å². The van der Waals surface area contributed by atoms with Gasteiger partial charge in [0.2, 0.25) is 17.7 Å². The topological polar surface area (TPSA) is 122 Å². The molecule has 0 unspecified atom stereocenters. The van der Waals surface area contributed by atoms with Gasteiger partial charge >= 0.3 is 6.18 Å². The molecule has 4 N–H and O–H groups in total. The number of nitrogens with two attached hydrogens (primary N) is 1. The number of carbonyl (C=O) groups is 4. The molecule has 156 valence electrons. The van der Waals surface area contributed by atoms with E-state index in [-0.39, 0.29) is 0 Å². The third-order valence-corrected chi connectivity index (χ3v) is 3.76. The second-order valence-corrected chi connectivity index (χ2v) is 7.49. The fourth-order valence-electron chi connectivity index (χ4n) is 1.85. The van der Waals surface area contributed by atoms with Crippen molar-refractivity contribution in [2.45, 2.75) is 58.4 Å². The maximum atomic E-state index is 12.5. The highest BCUT2D eigenvalue weighted by molar-refractivity contribution is 5.97. The van der Waals surface area contributed by atoms with Crippen molar-refractivity contribution in [3.63, 3.8) is 0 Å². The minimum absolute atomic E-state index is 0.506. The van der Waals surface area contributed by atoms with Crippen LogP contribution in [0.25, 0.3) is 0 Å². The van der Waals surface area contributed by atoms with Crippen molar-refractivity contribution in [3.8, 4) is 0 Å². The second-order valence-electron chi connectivity index (χ2n) is 7.49. The summed E-state index contributed by atoms with van der Waals surface area (Å²) in [5.41, 5.74) is 5.14. The summed E-state index contributed by atoms with van der Waals surface area (Å²) in [5, 5.41) is 4.15. The van der Waals surface area contributed by atoms with E-state index in [2.05, 4.69) is 5.32 Å². The highest BCUT2D eigenvalue weighted by atomic mass is 19.4. The number of nitrogens with zero attached hydrogens (tertiary/aromatic N) is 1. The molecule has 0 rings (SSSR count). The van der Waals surface area contributed by atoms with Crippen LogP contribution in [0.15, 0.2) is 0 Å². The smallest absolute Gasteiger partial charge is 0.349 e. The van der Waals surface area contributed by atoms with Crippen LogP contribution in [-0.2, 0) is 19.2 Å². The molecule has 11 heteroatoms. The van der Waals surface area contributed by atoms with Crippen LogP contribution < -0.4 is 16.4 Å². The molecule has 0 aliphatic heterocycles. The Bertz CT molecular complexity index is 585. The summed E-state index contributed by atoms with van der Waals surface area (Å²) < 4.78 is 37.4. The van der Waals surface area contributed by atoms with Crippen LogP contribution >= 0.6 is 0 Å². The number of nitrogens with one attached hydrogen (secondary N) is 2. The summed E-state index contributed by atoms with van der Waals surface area (Å²) in [5.74, 6) is -4.53. The van der Waals surface area contributed by atoms with Crippen molar-refractivity contribution >= 4 is 23.5 Å². The lowest BCUT2D eigenvalue weighted by Crippen LogP contribution is -2.57. The SMILES string of the molecule is C[C@H](NC(=O)[C@@H](CC(=O)N(C)C)NC(=O)[C@@H](N)C(C)(C)C)C(=O)C(F)(F)F. The van der Waals surface area contributed by atoms with Gasteiger partial charge in [-0.05, 0) is 12.3 Å². The number of hydrogen-bond donors (Lipinski definition) is 3. The highest BCUT2D eigenvalue weighted by Gasteiger charge is 2.43.